The van der Waals surface area contributed by atoms with Gasteiger partial charge in [-0.1, -0.05) is 42.5 Å². The first kappa shape index (κ1) is 21.4. The molecule has 1 fully saturated rings. The molecule has 2 aromatic carbocycles. The van der Waals surface area contributed by atoms with Gasteiger partial charge in [0.05, 0.1) is 6.61 Å². The van der Waals surface area contributed by atoms with Gasteiger partial charge in [-0.3, -0.25) is 9.69 Å². The van der Waals surface area contributed by atoms with Crippen molar-refractivity contribution in [2.24, 2.45) is 0 Å². The predicted molar refractivity (Wildman–Crippen MR) is 118 cm³/mol. The van der Waals surface area contributed by atoms with E-state index >= 15 is 0 Å². The van der Waals surface area contributed by atoms with E-state index in [4.69, 9.17) is 4.74 Å². The van der Waals surface area contributed by atoms with E-state index in [-0.39, 0.29) is 0 Å². The van der Waals surface area contributed by atoms with Gasteiger partial charge in [0, 0.05) is 39.1 Å². The van der Waals surface area contributed by atoms with Gasteiger partial charge >= 0.3 is 0 Å². The van der Waals surface area contributed by atoms with Crippen LogP contribution < -0.4 is 4.74 Å². The number of nitrogens with zero attached hydrogens (tertiary/aromatic N) is 2. The largest absolute Gasteiger partial charge is 0.493 e. The quantitative estimate of drug-likeness (QED) is 0.614. The molecule has 0 radical (unpaired) electrons. The van der Waals surface area contributed by atoms with Crippen LogP contribution in [0.4, 0.5) is 0 Å². The fourth-order valence-electron chi connectivity index (χ4n) is 3.80. The van der Waals surface area contributed by atoms with Crippen molar-refractivity contribution in [2.75, 3.05) is 32.8 Å². The molecule has 4 heteroatoms. The van der Waals surface area contributed by atoms with Gasteiger partial charge in [-0.2, -0.15) is 0 Å². The van der Waals surface area contributed by atoms with Gasteiger partial charge < -0.3 is 9.64 Å². The number of hydrogen-bond donors (Lipinski definition) is 0. The fraction of sp³-hybridized carbons (Fsp3) is 0.480. The molecule has 0 unspecified atom stereocenters. The standard InChI is InChI=1S/C25H34N2O2/c1-21-12-13-22(2)24(19-21)29-18-7-6-11-25(28)27-15-8-14-26(16-17-27)20-23-9-4-3-5-10-23/h3-5,9-10,12-13,19H,6-8,11,14-18,20H2,1-2H3. The Bertz CT molecular complexity index is 776. The maximum Gasteiger partial charge on any atom is 0.222 e. The summed E-state index contributed by atoms with van der Waals surface area (Å²) in [6.45, 7) is 9.51. The van der Waals surface area contributed by atoms with Gasteiger partial charge in [-0.15, -0.1) is 0 Å². The Labute approximate surface area is 175 Å². The van der Waals surface area contributed by atoms with Crippen molar-refractivity contribution in [1.82, 2.24) is 9.80 Å². The van der Waals surface area contributed by atoms with Gasteiger partial charge in [0.2, 0.25) is 5.91 Å². The molecule has 0 aliphatic carbocycles. The number of hydrogen-bond acceptors (Lipinski definition) is 3. The van der Waals surface area contributed by atoms with Crippen molar-refractivity contribution in [3.63, 3.8) is 0 Å². The lowest BCUT2D eigenvalue weighted by Gasteiger charge is -2.22. The molecule has 4 nitrogen and oxygen atoms in total. The van der Waals surface area contributed by atoms with Crippen LogP contribution in [-0.4, -0.2) is 48.5 Å². The third-order valence-corrected chi connectivity index (χ3v) is 5.58. The first-order valence-corrected chi connectivity index (χ1v) is 10.9. The smallest absolute Gasteiger partial charge is 0.222 e. The number of amides is 1. The van der Waals surface area contributed by atoms with E-state index in [1.165, 1.54) is 11.1 Å². The van der Waals surface area contributed by atoms with Gasteiger partial charge in [-0.25, -0.2) is 0 Å². The molecule has 3 rings (SSSR count). The summed E-state index contributed by atoms with van der Waals surface area (Å²) in [6.07, 6.45) is 3.46. The van der Waals surface area contributed by atoms with Crippen LogP contribution in [0.2, 0.25) is 0 Å². The molecule has 0 bridgehead atoms. The second-order valence-electron chi connectivity index (χ2n) is 8.07. The van der Waals surface area contributed by atoms with Gasteiger partial charge in [0.25, 0.3) is 0 Å². The molecular formula is C25H34N2O2. The number of carbonyl (C=O) groups is 1. The Morgan fingerprint density at radius 2 is 1.79 bits per heavy atom. The first-order valence-electron chi connectivity index (χ1n) is 10.9. The molecule has 29 heavy (non-hydrogen) atoms. The van der Waals surface area contributed by atoms with Gasteiger partial charge in [0.1, 0.15) is 5.75 Å². The summed E-state index contributed by atoms with van der Waals surface area (Å²) in [5, 5.41) is 0. The third kappa shape index (κ3) is 6.90. The number of carbonyl (C=O) groups excluding carboxylic acids is 1. The van der Waals surface area contributed by atoms with Crippen molar-refractivity contribution >= 4 is 5.91 Å². The van der Waals surface area contributed by atoms with Crippen molar-refractivity contribution in [2.45, 2.75) is 46.1 Å². The topological polar surface area (TPSA) is 32.8 Å². The minimum Gasteiger partial charge on any atom is -0.493 e. The molecule has 1 heterocycles. The maximum absolute atomic E-state index is 12.6. The molecule has 156 valence electrons. The lowest BCUT2D eigenvalue weighted by molar-refractivity contribution is -0.131. The summed E-state index contributed by atoms with van der Waals surface area (Å²) in [7, 11) is 0. The van der Waals surface area contributed by atoms with Crippen molar-refractivity contribution in [3.8, 4) is 5.75 Å². The Morgan fingerprint density at radius 3 is 2.62 bits per heavy atom. The normalized spacial score (nSPS) is 15.2. The van der Waals surface area contributed by atoms with Crippen molar-refractivity contribution in [3.05, 3.63) is 65.2 Å². The second kappa shape index (κ2) is 11.0. The summed E-state index contributed by atoms with van der Waals surface area (Å²) in [4.78, 5) is 17.1. The summed E-state index contributed by atoms with van der Waals surface area (Å²) in [5.41, 5.74) is 3.72. The van der Waals surface area contributed by atoms with Crippen LogP contribution in [0.3, 0.4) is 0 Å². The van der Waals surface area contributed by atoms with Crippen LogP contribution in [0.15, 0.2) is 48.5 Å². The molecule has 1 aliphatic rings. The molecule has 0 atom stereocenters. The average molecular weight is 395 g/mol. The van der Waals surface area contributed by atoms with E-state index < -0.39 is 0 Å². The number of aryl methyl sites for hydroxylation is 2. The summed E-state index contributed by atoms with van der Waals surface area (Å²) < 4.78 is 5.90. The molecule has 0 spiro atoms. The highest BCUT2D eigenvalue weighted by Crippen LogP contribution is 2.19. The van der Waals surface area contributed by atoms with E-state index in [2.05, 4.69) is 72.2 Å². The SMILES string of the molecule is Cc1ccc(C)c(OCCCCC(=O)N2CCCN(Cc3ccccc3)CC2)c1. The van der Waals surface area contributed by atoms with Crippen molar-refractivity contribution < 1.29 is 9.53 Å². The molecule has 1 amide bonds. The number of ether oxygens (including phenoxy) is 1. The zero-order chi connectivity index (χ0) is 20.5. The predicted octanol–water partition coefficient (Wildman–Crippen LogP) is 4.59. The van der Waals surface area contributed by atoms with Gasteiger partial charge in [-0.05, 0) is 55.9 Å². The Kier molecular flexibility index (Phi) is 8.12. The molecule has 1 saturated heterocycles. The van der Waals surface area contributed by atoms with Crippen LogP contribution in [0, 0.1) is 13.8 Å². The Hall–Kier alpha value is -2.33. The molecule has 0 aromatic heterocycles. The highest BCUT2D eigenvalue weighted by Gasteiger charge is 2.18. The van der Waals surface area contributed by atoms with Crippen molar-refractivity contribution in [1.29, 1.82) is 0 Å². The van der Waals surface area contributed by atoms with Crippen LogP contribution in [0.5, 0.6) is 5.75 Å². The van der Waals surface area contributed by atoms with E-state index in [0.717, 1.165) is 63.3 Å². The third-order valence-electron chi connectivity index (χ3n) is 5.58. The minimum absolute atomic E-state index is 0.290. The minimum atomic E-state index is 0.290. The van der Waals surface area contributed by atoms with Crippen LogP contribution in [0.1, 0.15) is 42.4 Å². The van der Waals surface area contributed by atoms with E-state index in [1.54, 1.807) is 0 Å². The number of rotatable bonds is 8. The molecule has 1 aliphatic heterocycles. The Balaban J connectivity index is 1.34. The summed E-state index contributed by atoms with van der Waals surface area (Å²) >= 11 is 0. The number of unbranched alkanes of at least 4 members (excludes halogenated alkanes) is 1. The van der Waals surface area contributed by atoms with E-state index in [9.17, 15) is 4.79 Å². The highest BCUT2D eigenvalue weighted by atomic mass is 16.5. The molecule has 2 aromatic rings. The Morgan fingerprint density at radius 1 is 0.966 bits per heavy atom. The molecule has 0 N–H and O–H groups in total. The lowest BCUT2D eigenvalue weighted by Crippen LogP contribution is -2.35. The summed E-state index contributed by atoms with van der Waals surface area (Å²) in [6, 6.07) is 16.9. The highest BCUT2D eigenvalue weighted by molar-refractivity contribution is 5.76. The molecular weight excluding hydrogens is 360 g/mol. The zero-order valence-corrected chi connectivity index (χ0v) is 17.9. The average Bonchev–Trinajstić information content (AvgIpc) is 2.96. The van der Waals surface area contributed by atoms with E-state index in [0.29, 0.717) is 18.9 Å². The zero-order valence-electron chi connectivity index (χ0n) is 17.9. The van der Waals surface area contributed by atoms with Crippen LogP contribution >= 0.6 is 0 Å². The second-order valence-corrected chi connectivity index (χ2v) is 8.07. The molecule has 0 saturated carbocycles. The first-order chi connectivity index (χ1) is 14.1. The lowest BCUT2D eigenvalue weighted by atomic mass is 10.1. The van der Waals surface area contributed by atoms with Gasteiger partial charge in [0.15, 0.2) is 0 Å². The monoisotopic (exact) mass is 394 g/mol. The fourth-order valence-corrected chi connectivity index (χ4v) is 3.80. The number of benzene rings is 2. The maximum atomic E-state index is 12.6. The van der Waals surface area contributed by atoms with Crippen LogP contribution in [0.25, 0.3) is 0 Å². The van der Waals surface area contributed by atoms with Crippen LogP contribution in [-0.2, 0) is 11.3 Å². The summed E-state index contributed by atoms with van der Waals surface area (Å²) in [5.74, 6) is 1.25. The van der Waals surface area contributed by atoms with E-state index in [1.807, 2.05) is 0 Å².